The lowest BCUT2D eigenvalue weighted by Crippen LogP contribution is -2.13. The highest BCUT2D eigenvalue weighted by Crippen LogP contribution is 2.31. The Hall–Kier alpha value is -3.41. The van der Waals surface area contributed by atoms with Gasteiger partial charge in [-0.15, -0.1) is 5.10 Å². The van der Waals surface area contributed by atoms with Gasteiger partial charge in [0.25, 0.3) is 5.78 Å². The van der Waals surface area contributed by atoms with Gasteiger partial charge in [0.2, 0.25) is 0 Å². The summed E-state index contributed by atoms with van der Waals surface area (Å²) in [6, 6.07) is 18.1. The zero-order valence-electron chi connectivity index (χ0n) is 16.4. The fraction of sp³-hybridized carbons (Fsp3) is 0.261. The number of aromatic nitrogens is 4. The zero-order chi connectivity index (χ0) is 19.6. The van der Waals surface area contributed by atoms with Gasteiger partial charge in [-0.25, -0.2) is 4.98 Å². The quantitative estimate of drug-likeness (QED) is 0.534. The molecule has 2 aromatic heterocycles. The highest BCUT2D eigenvalue weighted by Gasteiger charge is 2.21. The van der Waals surface area contributed by atoms with Gasteiger partial charge in [-0.1, -0.05) is 30.3 Å². The van der Waals surface area contributed by atoms with Crippen molar-refractivity contribution in [3.8, 4) is 17.1 Å². The van der Waals surface area contributed by atoms with Crippen LogP contribution >= 0.6 is 0 Å². The molecule has 0 fully saturated rings. The maximum atomic E-state index is 5.56. The monoisotopic (exact) mass is 385 g/mol. The molecule has 0 atom stereocenters. The second-order valence-electron chi connectivity index (χ2n) is 7.19. The SMILES string of the molecule is CCOc1ccc(Nc2c3c(nc4nc(-c5ccccc5)nn24)CCCC3)cc1. The molecule has 5 rings (SSSR count). The van der Waals surface area contributed by atoms with Crippen LogP contribution in [0.2, 0.25) is 0 Å². The molecular formula is C23H23N5O. The molecule has 6 heteroatoms. The average molecular weight is 385 g/mol. The molecule has 1 aliphatic rings. The number of ether oxygens (including phenoxy) is 1. The van der Waals surface area contributed by atoms with Crippen LogP contribution in [0.5, 0.6) is 5.75 Å². The molecule has 29 heavy (non-hydrogen) atoms. The number of rotatable bonds is 5. The number of benzene rings is 2. The summed E-state index contributed by atoms with van der Waals surface area (Å²) in [5, 5.41) is 8.36. The van der Waals surface area contributed by atoms with Crippen molar-refractivity contribution < 1.29 is 4.74 Å². The maximum absolute atomic E-state index is 5.56. The molecule has 0 unspecified atom stereocenters. The molecule has 0 saturated carbocycles. The van der Waals surface area contributed by atoms with Crippen LogP contribution in [-0.2, 0) is 12.8 Å². The van der Waals surface area contributed by atoms with Crippen molar-refractivity contribution in [2.75, 3.05) is 11.9 Å². The van der Waals surface area contributed by atoms with Crippen LogP contribution in [0.3, 0.4) is 0 Å². The third-order valence-corrected chi connectivity index (χ3v) is 5.22. The minimum atomic E-state index is 0.637. The molecule has 0 aliphatic heterocycles. The summed E-state index contributed by atoms with van der Waals surface area (Å²) in [5.41, 5.74) is 4.35. The lowest BCUT2D eigenvalue weighted by Gasteiger charge is -2.20. The Kier molecular flexibility index (Phi) is 4.60. The van der Waals surface area contributed by atoms with Gasteiger partial charge in [0.05, 0.1) is 12.3 Å². The maximum Gasteiger partial charge on any atom is 0.254 e. The molecule has 4 aromatic rings. The summed E-state index contributed by atoms with van der Waals surface area (Å²) in [6.07, 6.45) is 4.31. The van der Waals surface area contributed by atoms with Gasteiger partial charge in [0.1, 0.15) is 11.6 Å². The lowest BCUT2D eigenvalue weighted by molar-refractivity contribution is 0.340. The largest absolute Gasteiger partial charge is 0.494 e. The van der Waals surface area contributed by atoms with Crippen molar-refractivity contribution in [3.63, 3.8) is 0 Å². The van der Waals surface area contributed by atoms with Crippen molar-refractivity contribution in [1.82, 2.24) is 19.6 Å². The molecule has 146 valence electrons. The Labute approximate surface area is 169 Å². The minimum Gasteiger partial charge on any atom is -0.494 e. The van der Waals surface area contributed by atoms with Gasteiger partial charge in [-0.2, -0.15) is 9.50 Å². The van der Waals surface area contributed by atoms with Crippen molar-refractivity contribution >= 4 is 17.3 Å². The van der Waals surface area contributed by atoms with Gasteiger partial charge in [0.15, 0.2) is 5.82 Å². The zero-order valence-corrected chi connectivity index (χ0v) is 16.4. The summed E-state index contributed by atoms with van der Waals surface area (Å²) in [5.74, 6) is 3.16. The van der Waals surface area contributed by atoms with Crippen LogP contribution in [0.15, 0.2) is 54.6 Å². The van der Waals surface area contributed by atoms with E-state index in [4.69, 9.17) is 19.8 Å². The molecule has 2 heterocycles. The highest BCUT2D eigenvalue weighted by atomic mass is 16.5. The number of anilines is 2. The third-order valence-electron chi connectivity index (χ3n) is 5.22. The Bertz CT molecular complexity index is 1140. The number of hydrogen-bond donors (Lipinski definition) is 1. The Morgan fingerprint density at radius 1 is 0.966 bits per heavy atom. The topological polar surface area (TPSA) is 64.3 Å². The molecule has 1 aliphatic carbocycles. The normalized spacial score (nSPS) is 13.3. The second kappa shape index (κ2) is 7.54. The fourth-order valence-electron chi connectivity index (χ4n) is 3.82. The third kappa shape index (κ3) is 3.42. The molecule has 1 N–H and O–H groups in total. The Morgan fingerprint density at radius 2 is 1.76 bits per heavy atom. The van der Waals surface area contributed by atoms with Gasteiger partial charge in [-0.05, 0) is 56.9 Å². The van der Waals surface area contributed by atoms with E-state index in [2.05, 4.69) is 5.32 Å². The summed E-state index contributed by atoms with van der Waals surface area (Å²) in [6.45, 7) is 2.65. The first-order valence-corrected chi connectivity index (χ1v) is 10.2. The van der Waals surface area contributed by atoms with Crippen molar-refractivity contribution in [2.45, 2.75) is 32.6 Å². The van der Waals surface area contributed by atoms with Crippen molar-refractivity contribution in [2.24, 2.45) is 0 Å². The molecule has 2 aromatic carbocycles. The molecule has 6 nitrogen and oxygen atoms in total. The fourth-order valence-corrected chi connectivity index (χ4v) is 3.82. The molecule has 0 saturated heterocycles. The Balaban J connectivity index is 1.60. The standard InChI is InChI=1S/C23H23N5O/c1-2-29-18-14-12-17(13-15-18)24-22-19-10-6-7-11-20(19)25-23-26-21(27-28(22)23)16-8-4-3-5-9-16/h3-5,8-9,12-15,24H,2,6-7,10-11H2,1H3. The summed E-state index contributed by atoms with van der Waals surface area (Å²) >= 11 is 0. The number of aryl methyl sites for hydroxylation is 1. The molecule has 0 spiro atoms. The first kappa shape index (κ1) is 17.7. The average Bonchev–Trinajstić information content (AvgIpc) is 3.20. The van der Waals surface area contributed by atoms with Crippen LogP contribution in [-0.4, -0.2) is 26.2 Å². The van der Waals surface area contributed by atoms with E-state index in [1.54, 1.807) is 0 Å². The highest BCUT2D eigenvalue weighted by molar-refractivity contribution is 5.66. The van der Waals surface area contributed by atoms with E-state index >= 15 is 0 Å². The van der Waals surface area contributed by atoms with Gasteiger partial charge in [-0.3, -0.25) is 0 Å². The van der Waals surface area contributed by atoms with Gasteiger partial charge >= 0.3 is 0 Å². The van der Waals surface area contributed by atoms with Crippen molar-refractivity contribution in [1.29, 1.82) is 0 Å². The van der Waals surface area contributed by atoms with E-state index in [-0.39, 0.29) is 0 Å². The summed E-state index contributed by atoms with van der Waals surface area (Å²) < 4.78 is 7.41. The van der Waals surface area contributed by atoms with E-state index in [9.17, 15) is 0 Å². The Morgan fingerprint density at radius 3 is 2.55 bits per heavy atom. The first-order chi connectivity index (χ1) is 14.3. The van der Waals surface area contributed by atoms with Crippen LogP contribution in [0.25, 0.3) is 17.2 Å². The van der Waals surface area contributed by atoms with Crippen molar-refractivity contribution in [3.05, 3.63) is 65.9 Å². The number of nitrogens with zero attached hydrogens (tertiary/aromatic N) is 4. The van der Waals surface area contributed by atoms with Crippen LogP contribution in [0.4, 0.5) is 11.5 Å². The molecular weight excluding hydrogens is 362 g/mol. The van der Waals surface area contributed by atoms with Gasteiger partial charge in [0, 0.05) is 16.8 Å². The number of nitrogens with one attached hydrogen (secondary N) is 1. The molecule has 0 amide bonds. The van der Waals surface area contributed by atoms with E-state index in [1.807, 2.05) is 66.0 Å². The molecule has 0 radical (unpaired) electrons. The summed E-state index contributed by atoms with van der Waals surface area (Å²) in [7, 11) is 0. The molecule has 0 bridgehead atoms. The van der Waals surface area contributed by atoms with Gasteiger partial charge < -0.3 is 10.1 Å². The van der Waals surface area contributed by atoms with Crippen LogP contribution in [0, 0.1) is 0 Å². The van der Waals surface area contributed by atoms with E-state index in [0.29, 0.717) is 18.2 Å². The number of hydrogen-bond acceptors (Lipinski definition) is 5. The lowest BCUT2D eigenvalue weighted by atomic mass is 9.96. The van der Waals surface area contributed by atoms with E-state index < -0.39 is 0 Å². The van der Waals surface area contributed by atoms with Crippen LogP contribution in [0.1, 0.15) is 31.0 Å². The van der Waals surface area contributed by atoms with E-state index in [1.165, 1.54) is 18.4 Å². The predicted molar refractivity (Wildman–Crippen MR) is 114 cm³/mol. The minimum absolute atomic E-state index is 0.637. The van der Waals surface area contributed by atoms with E-state index in [0.717, 1.165) is 41.4 Å². The van der Waals surface area contributed by atoms with Crippen LogP contribution < -0.4 is 10.1 Å². The predicted octanol–water partition coefficient (Wildman–Crippen LogP) is 4.81. The number of fused-ring (bicyclic) bond motifs is 2. The summed E-state index contributed by atoms with van der Waals surface area (Å²) in [4.78, 5) is 9.54. The smallest absolute Gasteiger partial charge is 0.254 e. The first-order valence-electron chi connectivity index (χ1n) is 10.2. The second-order valence-corrected chi connectivity index (χ2v) is 7.19.